The molecule has 2 aliphatic rings. The number of nitrogen functional groups attached to an aromatic ring is 1. The summed E-state index contributed by atoms with van der Waals surface area (Å²) in [6.45, 7) is 5.91. The highest BCUT2D eigenvalue weighted by atomic mass is 35.5. The first-order chi connectivity index (χ1) is 10.0. The summed E-state index contributed by atoms with van der Waals surface area (Å²) in [6, 6.07) is 7.12. The first-order valence-corrected chi connectivity index (χ1v) is 8.11. The Morgan fingerprint density at radius 1 is 1.30 bits per heavy atom. The van der Waals surface area contributed by atoms with Crippen LogP contribution in [0.2, 0.25) is 0 Å². The quantitative estimate of drug-likeness (QED) is 0.546. The summed E-state index contributed by atoms with van der Waals surface area (Å²) < 4.78 is 1.18. The second-order valence-electron chi connectivity index (χ2n) is 7.05. The second-order valence-corrected chi connectivity index (χ2v) is 7.05. The predicted octanol–water partition coefficient (Wildman–Crippen LogP) is -0.817. The van der Waals surface area contributed by atoms with Gasteiger partial charge in [-0.15, -0.1) is 12.4 Å². The van der Waals surface area contributed by atoms with Crippen LogP contribution in [0.5, 0.6) is 0 Å². The number of aliphatic hydroxyl groups excluding tert-OH is 1. The number of nitrogens with two attached hydrogens (primary N) is 1. The first-order valence-electron chi connectivity index (χ1n) is 8.11. The van der Waals surface area contributed by atoms with Gasteiger partial charge in [-0.05, 0) is 30.7 Å². The summed E-state index contributed by atoms with van der Waals surface area (Å²) in [7, 11) is 2.39. The van der Waals surface area contributed by atoms with Crippen LogP contribution in [-0.2, 0) is 0 Å². The molecule has 0 amide bonds. The van der Waals surface area contributed by atoms with Crippen LogP contribution >= 0.6 is 12.4 Å². The van der Waals surface area contributed by atoms with Crippen LogP contribution in [0.3, 0.4) is 0 Å². The Morgan fingerprint density at radius 2 is 1.96 bits per heavy atom. The normalized spacial score (nSPS) is 25.8. The summed E-state index contributed by atoms with van der Waals surface area (Å²) in [6.07, 6.45) is 3.78. The van der Waals surface area contributed by atoms with Gasteiger partial charge in [0.2, 0.25) is 0 Å². The van der Waals surface area contributed by atoms with Gasteiger partial charge in [0.05, 0.1) is 39.3 Å². The van der Waals surface area contributed by atoms with Gasteiger partial charge in [-0.3, -0.25) is 0 Å². The average Bonchev–Trinajstić information content (AvgIpc) is 3.09. The molecule has 2 unspecified atom stereocenters. The van der Waals surface area contributed by atoms with Gasteiger partial charge in [0, 0.05) is 30.6 Å². The number of aryl methyl sites for hydroxylation is 1. The maximum absolute atomic E-state index is 9.79. The Morgan fingerprint density at radius 3 is 2.52 bits per heavy atom. The lowest BCUT2D eigenvalue weighted by atomic mass is 10.1. The average molecular weight is 362 g/mol. The van der Waals surface area contributed by atoms with E-state index >= 15 is 0 Å². The van der Waals surface area contributed by atoms with Crippen molar-refractivity contribution in [3.05, 3.63) is 23.8 Å². The molecule has 2 atom stereocenters. The molecule has 2 saturated heterocycles. The minimum Gasteiger partial charge on any atom is -1.00 e. The Kier molecular flexibility index (Phi) is 7.02. The standard InChI is InChI=1S/C17H28N3O.2ClH/c1-13-9-14(5-6-17(13)18)19-11-16(10-15(19)12-21)20(2)7-3-4-8-20;;/h5-6,9,15-16,21H,3-4,7-8,10-12,18H2,1-2H3;2*1H/q+1;;/p-1. The number of nitrogens with zero attached hydrogens (tertiary/aromatic N) is 2. The zero-order chi connectivity index (χ0) is 15.0. The van der Waals surface area contributed by atoms with E-state index in [1.54, 1.807) is 0 Å². The number of anilines is 2. The topological polar surface area (TPSA) is 49.5 Å². The summed E-state index contributed by atoms with van der Waals surface area (Å²) >= 11 is 0. The summed E-state index contributed by atoms with van der Waals surface area (Å²) in [4.78, 5) is 2.39. The lowest BCUT2D eigenvalue weighted by molar-refractivity contribution is -0.919. The lowest BCUT2D eigenvalue weighted by Crippen LogP contribution is -3.00. The van der Waals surface area contributed by atoms with Crippen LogP contribution in [0, 0.1) is 6.92 Å². The van der Waals surface area contributed by atoms with Crippen LogP contribution in [0.15, 0.2) is 18.2 Å². The van der Waals surface area contributed by atoms with Crippen molar-refractivity contribution in [3.8, 4) is 0 Å². The van der Waals surface area contributed by atoms with Crippen molar-refractivity contribution in [1.29, 1.82) is 0 Å². The molecule has 132 valence electrons. The molecular formula is C17H29Cl2N3O. The first kappa shape index (κ1) is 20.4. The number of benzene rings is 1. The molecule has 23 heavy (non-hydrogen) atoms. The molecule has 3 N–H and O–H groups in total. The molecule has 0 aliphatic carbocycles. The van der Waals surface area contributed by atoms with Crippen LogP contribution < -0.4 is 23.0 Å². The maximum atomic E-state index is 9.79. The third kappa shape index (κ3) is 3.87. The summed E-state index contributed by atoms with van der Waals surface area (Å²) in [5.74, 6) is 0. The van der Waals surface area contributed by atoms with Crippen LogP contribution in [0.4, 0.5) is 11.4 Å². The van der Waals surface area contributed by atoms with Gasteiger partial charge in [-0.2, -0.15) is 0 Å². The highest BCUT2D eigenvalue weighted by Crippen LogP contribution is 2.34. The highest BCUT2D eigenvalue weighted by molar-refractivity contribution is 5.85. The highest BCUT2D eigenvalue weighted by Gasteiger charge is 2.44. The van der Waals surface area contributed by atoms with Gasteiger partial charge in [0.15, 0.2) is 0 Å². The second kappa shape index (κ2) is 7.93. The molecule has 3 rings (SSSR count). The number of aliphatic hydroxyl groups is 1. The van der Waals surface area contributed by atoms with Crippen LogP contribution in [0.25, 0.3) is 0 Å². The van der Waals surface area contributed by atoms with Crippen molar-refractivity contribution in [3.63, 3.8) is 0 Å². The largest absolute Gasteiger partial charge is 1.00 e. The van der Waals surface area contributed by atoms with E-state index < -0.39 is 0 Å². The van der Waals surface area contributed by atoms with E-state index in [-0.39, 0.29) is 37.5 Å². The van der Waals surface area contributed by atoms with Gasteiger partial charge in [0.25, 0.3) is 0 Å². The molecular weight excluding hydrogens is 333 g/mol. The van der Waals surface area contributed by atoms with Crippen molar-refractivity contribution in [1.82, 2.24) is 0 Å². The third-order valence-corrected chi connectivity index (χ3v) is 5.66. The summed E-state index contributed by atoms with van der Waals surface area (Å²) in [5.41, 5.74) is 9.10. The van der Waals surface area contributed by atoms with E-state index in [9.17, 15) is 5.11 Å². The van der Waals surface area contributed by atoms with E-state index in [1.165, 1.54) is 36.1 Å². The molecule has 0 saturated carbocycles. The molecule has 0 aromatic heterocycles. The Bertz CT molecular complexity index is 521. The van der Waals surface area contributed by atoms with Crippen LogP contribution in [-0.4, -0.2) is 55.0 Å². The third-order valence-electron chi connectivity index (χ3n) is 5.66. The molecule has 0 spiro atoms. The number of hydrogen-bond donors (Lipinski definition) is 2. The van der Waals surface area contributed by atoms with E-state index in [4.69, 9.17) is 5.73 Å². The van der Waals surface area contributed by atoms with Gasteiger partial charge >= 0.3 is 0 Å². The van der Waals surface area contributed by atoms with Crippen molar-refractivity contribution in [2.24, 2.45) is 0 Å². The van der Waals surface area contributed by atoms with E-state index in [2.05, 4.69) is 31.0 Å². The van der Waals surface area contributed by atoms with Crippen molar-refractivity contribution < 1.29 is 22.0 Å². The molecule has 4 nitrogen and oxygen atoms in total. The summed E-state index contributed by atoms with van der Waals surface area (Å²) in [5, 5.41) is 9.79. The van der Waals surface area contributed by atoms with E-state index in [1.807, 2.05) is 6.07 Å². The van der Waals surface area contributed by atoms with Gasteiger partial charge in [-0.1, -0.05) is 0 Å². The fourth-order valence-corrected chi connectivity index (χ4v) is 4.09. The number of rotatable bonds is 3. The van der Waals surface area contributed by atoms with Gasteiger partial charge in [0.1, 0.15) is 6.04 Å². The van der Waals surface area contributed by atoms with E-state index in [0.717, 1.165) is 24.2 Å². The molecule has 2 aliphatic heterocycles. The minimum absolute atomic E-state index is 0. The molecule has 0 radical (unpaired) electrons. The number of halogens is 2. The number of likely N-dealkylation sites (tertiary alicyclic amines) is 1. The Balaban J connectivity index is 0.00000132. The van der Waals surface area contributed by atoms with Gasteiger partial charge in [-0.25, -0.2) is 0 Å². The Hall–Kier alpha value is -0.680. The zero-order valence-electron chi connectivity index (χ0n) is 14.0. The fourth-order valence-electron chi connectivity index (χ4n) is 4.09. The molecule has 2 heterocycles. The SMILES string of the molecule is Cc1cc(N2CC([N+]3(C)CCCC3)CC2CO)ccc1N.Cl.[Cl-]. The fraction of sp³-hybridized carbons (Fsp3) is 0.647. The molecule has 6 heteroatoms. The number of quaternary nitrogens is 1. The monoisotopic (exact) mass is 361 g/mol. The maximum Gasteiger partial charge on any atom is 0.109 e. The Labute approximate surface area is 152 Å². The predicted molar refractivity (Wildman–Crippen MR) is 94.6 cm³/mol. The number of likely N-dealkylation sites (N-methyl/N-ethyl adjacent to an activating group) is 1. The van der Waals surface area contributed by atoms with Crippen molar-refractivity contribution in [2.75, 3.05) is 43.9 Å². The molecule has 0 bridgehead atoms. The minimum atomic E-state index is 0. The molecule has 1 aromatic carbocycles. The van der Waals surface area contributed by atoms with Crippen molar-refractivity contribution >= 4 is 23.8 Å². The number of hydrogen-bond acceptors (Lipinski definition) is 3. The molecule has 1 aromatic rings. The zero-order valence-corrected chi connectivity index (χ0v) is 15.6. The smallest absolute Gasteiger partial charge is 0.109 e. The van der Waals surface area contributed by atoms with Crippen LogP contribution in [0.1, 0.15) is 24.8 Å². The molecule has 2 fully saturated rings. The van der Waals surface area contributed by atoms with Gasteiger partial charge < -0.3 is 32.6 Å². The van der Waals surface area contributed by atoms with E-state index in [0.29, 0.717) is 6.04 Å². The van der Waals surface area contributed by atoms with Crippen molar-refractivity contribution in [2.45, 2.75) is 38.3 Å². The lowest BCUT2D eigenvalue weighted by Gasteiger charge is -2.35.